The van der Waals surface area contributed by atoms with E-state index in [1.165, 1.54) is 154 Å². The fourth-order valence-corrected chi connectivity index (χ4v) is 10.6. The lowest BCUT2D eigenvalue weighted by Crippen LogP contribution is -2.45. The van der Waals surface area contributed by atoms with Gasteiger partial charge in [-0.2, -0.15) is 0 Å². The number of phosphoric acid groups is 1. The molecule has 0 radical (unpaired) electrons. The Morgan fingerprint density at radius 1 is 0.407 bits per heavy atom. The van der Waals surface area contributed by atoms with Crippen LogP contribution < -0.4 is 5.32 Å². The molecule has 0 aliphatic rings. The van der Waals surface area contributed by atoms with E-state index in [1.807, 2.05) is 27.2 Å². The Morgan fingerprint density at radius 3 is 1.02 bits per heavy atom. The van der Waals surface area contributed by atoms with Gasteiger partial charge >= 0.3 is 7.82 Å². The van der Waals surface area contributed by atoms with Crippen LogP contribution >= 0.6 is 7.82 Å². The topological polar surface area (TPSA) is 105 Å². The van der Waals surface area contributed by atoms with Gasteiger partial charge in [0.15, 0.2) is 0 Å². The molecule has 9 heteroatoms. The molecule has 86 heavy (non-hydrogen) atoms. The van der Waals surface area contributed by atoms with E-state index in [0.717, 1.165) is 122 Å². The summed E-state index contributed by atoms with van der Waals surface area (Å²) >= 11 is 0. The molecule has 0 saturated heterocycles. The number of aliphatic hydroxyl groups is 1. The van der Waals surface area contributed by atoms with Crippen LogP contribution in [0.5, 0.6) is 0 Å². The van der Waals surface area contributed by atoms with Gasteiger partial charge in [0, 0.05) is 6.42 Å². The average Bonchev–Trinajstić information content (AvgIpc) is 3.70. The molecule has 0 aromatic heterocycles. The van der Waals surface area contributed by atoms with Crippen molar-refractivity contribution in [2.24, 2.45) is 0 Å². The number of nitrogens with zero attached hydrogens (tertiary/aromatic N) is 1. The van der Waals surface area contributed by atoms with Gasteiger partial charge in [-0.1, -0.05) is 327 Å². The second-order valence-corrected chi connectivity index (χ2v) is 26.3. The summed E-state index contributed by atoms with van der Waals surface area (Å²) in [5.41, 5.74) is 0. The Kier molecular flexibility index (Phi) is 63.5. The molecule has 0 aromatic rings. The van der Waals surface area contributed by atoms with Crippen molar-refractivity contribution in [3.63, 3.8) is 0 Å². The number of amides is 1. The number of hydrogen-bond donors (Lipinski definition) is 3. The van der Waals surface area contributed by atoms with Crippen LogP contribution in [0.25, 0.3) is 0 Å². The first-order chi connectivity index (χ1) is 42.0. The molecule has 1 amide bonds. The highest BCUT2D eigenvalue weighted by Gasteiger charge is 2.28. The highest BCUT2D eigenvalue weighted by atomic mass is 31.2. The highest BCUT2D eigenvalue weighted by molar-refractivity contribution is 7.47. The number of likely N-dealkylation sites (N-methyl/N-ethyl adjacent to an activating group) is 1. The highest BCUT2D eigenvalue weighted by Crippen LogP contribution is 2.43. The lowest BCUT2D eigenvalue weighted by atomic mass is 10.0. The maximum absolute atomic E-state index is 13.1. The van der Waals surface area contributed by atoms with E-state index < -0.39 is 20.0 Å². The van der Waals surface area contributed by atoms with Crippen LogP contribution in [0, 0.1) is 0 Å². The first kappa shape index (κ1) is 82.6. The number of carbonyl (C=O) groups excluding carboxylic acids is 1. The van der Waals surface area contributed by atoms with E-state index in [0.29, 0.717) is 17.4 Å². The number of aliphatic hydroxyl groups excluding tert-OH is 1. The van der Waals surface area contributed by atoms with Crippen LogP contribution in [0.15, 0.2) is 134 Å². The van der Waals surface area contributed by atoms with Gasteiger partial charge in [0.05, 0.1) is 39.9 Å². The van der Waals surface area contributed by atoms with E-state index in [2.05, 4.69) is 141 Å². The molecule has 0 aliphatic heterocycles. The number of quaternary nitrogens is 1. The van der Waals surface area contributed by atoms with Crippen molar-refractivity contribution in [3.05, 3.63) is 134 Å². The molecular weight excluding hydrogens is 1080 g/mol. The SMILES string of the molecule is CC/C=C\C/C=C\C/C=C\C/C=C\C/C=C\C/C=C\C/C=C\C/C=C\C/C=C\C/C=C\CCCCCCCCC(=O)NC(COP(=O)(O)OCC[N+](C)(C)C)C(O)/C=C/CCCCCCCCCCCCCCCCCCCCCCCCCCC. The Bertz CT molecular complexity index is 1870. The average molecular weight is 1220 g/mol. The summed E-state index contributed by atoms with van der Waals surface area (Å²) in [7, 11) is 1.55. The molecule has 8 nitrogen and oxygen atoms in total. The molecule has 3 unspecified atom stereocenters. The van der Waals surface area contributed by atoms with E-state index in [-0.39, 0.29) is 19.1 Å². The lowest BCUT2D eigenvalue weighted by Gasteiger charge is -2.25. The largest absolute Gasteiger partial charge is 0.472 e. The fourth-order valence-electron chi connectivity index (χ4n) is 9.90. The number of unbranched alkanes of at least 4 members (excludes halogenated alkanes) is 31. The molecule has 494 valence electrons. The number of carbonyl (C=O) groups is 1. The van der Waals surface area contributed by atoms with Gasteiger partial charge in [-0.05, 0) is 96.3 Å². The van der Waals surface area contributed by atoms with Crippen molar-refractivity contribution in [1.82, 2.24) is 5.32 Å². The molecule has 0 rings (SSSR count). The van der Waals surface area contributed by atoms with E-state index in [9.17, 15) is 19.4 Å². The van der Waals surface area contributed by atoms with Crippen LogP contribution in [0.2, 0.25) is 0 Å². The molecular formula is C77H136N2O6P+. The normalized spacial score (nSPS) is 14.5. The second kappa shape index (κ2) is 66.1. The van der Waals surface area contributed by atoms with Crippen molar-refractivity contribution in [2.45, 2.75) is 309 Å². The van der Waals surface area contributed by atoms with Crippen LogP contribution in [0.1, 0.15) is 296 Å². The number of phosphoric ester groups is 1. The number of rotatable bonds is 64. The van der Waals surface area contributed by atoms with Crippen LogP contribution in [0.3, 0.4) is 0 Å². The van der Waals surface area contributed by atoms with Crippen LogP contribution in [-0.4, -0.2) is 73.4 Å². The Morgan fingerprint density at radius 2 is 0.698 bits per heavy atom. The minimum absolute atomic E-state index is 0.0521. The summed E-state index contributed by atoms with van der Waals surface area (Å²) in [6.07, 6.45) is 100. The quantitative estimate of drug-likeness (QED) is 0.0243. The van der Waals surface area contributed by atoms with E-state index in [4.69, 9.17) is 9.05 Å². The van der Waals surface area contributed by atoms with Gasteiger partial charge in [-0.15, -0.1) is 0 Å². The second-order valence-electron chi connectivity index (χ2n) is 24.9. The molecule has 0 saturated carbocycles. The summed E-state index contributed by atoms with van der Waals surface area (Å²) in [5, 5.41) is 14.0. The predicted octanol–water partition coefficient (Wildman–Crippen LogP) is 23.0. The molecule has 3 N–H and O–H groups in total. The van der Waals surface area contributed by atoms with Gasteiger partial charge in [0.1, 0.15) is 13.2 Å². The maximum atomic E-state index is 13.1. The third kappa shape index (κ3) is 68.1. The van der Waals surface area contributed by atoms with Gasteiger partial charge in [-0.25, -0.2) is 4.57 Å². The van der Waals surface area contributed by atoms with E-state index in [1.54, 1.807) is 6.08 Å². The smallest absolute Gasteiger partial charge is 0.387 e. The zero-order valence-corrected chi connectivity index (χ0v) is 57.4. The predicted molar refractivity (Wildman–Crippen MR) is 378 cm³/mol. The summed E-state index contributed by atoms with van der Waals surface area (Å²) < 4.78 is 23.8. The standard InChI is InChI=1S/C77H135N2O6P/c1-6-8-10-12-14-16-18-20-22-24-26-28-30-32-34-35-36-37-38-39-40-41-42-43-45-47-49-51-53-55-57-59-61-63-65-67-69-71-77(81)78-75(74-85-86(82,83)84-73-72-79(3,4)5)76(80)70-68-66-64-62-60-58-56-54-52-50-48-46-44-33-31-29-27-25-23-21-19-17-15-13-11-9-7-2/h8,10,14,16,20,22,26,28,32,34,36-37,39-40,42-43,47,49,53,55,68,70,75-76,80H,6-7,9,11-13,15,17-19,21,23-25,27,29-31,33,35,38,41,44-46,48,50-52,54,56-67,69,71-74H2,1-5H3,(H-,78,81,82,83)/p+1/b10-8-,16-14-,22-20-,28-26-,34-32-,37-36-,40-39-,43-42-,49-47-,55-53-,70-68+. The van der Waals surface area contributed by atoms with Crippen molar-refractivity contribution < 1.29 is 32.9 Å². The van der Waals surface area contributed by atoms with Crippen molar-refractivity contribution >= 4 is 13.7 Å². The third-order valence-electron chi connectivity index (χ3n) is 15.4. The summed E-state index contributed by atoms with van der Waals surface area (Å²) in [4.78, 5) is 23.4. The first-order valence-electron chi connectivity index (χ1n) is 35.6. The molecule has 0 aromatic carbocycles. The monoisotopic (exact) mass is 1220 g/mol. The Balaban J connectivity index is 4.18. The van der Waals surface area contributed by atoms with Crippen LogP contribution in [0.4, 0.5) is 0 Å². The minimum atomic E-state index is -4.37. The number of hydrogen-bond acceptors (Lipinski definition) is 5. The summed E-state index contributed by atoms with van der Waals surface area (Å²) in [6.45, 7) is 4.71. The molecule has 0 fully saturated rings. The van der Waals surface area contributed by atoms with Gasteiger partial charge < -0.3 is 19.8 Å². The third-order valence-corrected chi connectivity index (χ3v) is 16.4. The summed E-state index contributed by atoms with van der Waals surface area (Å²) in [5.74, 6) is -0.194. The number of allylic oxidation sites excluding steroid dienone is 21. The molecule has 3 atom stereocenters. The molecule has 0 bridgehead atoms. The van der Waals surface area contributed by atoms with Crippen molar-refractivity contribution in [3.8, 4) is 0 Å². The maximum Gasteiger partial charge on any atom is 0.472 e. The van der Waals surface area contributed by atoms with Gasteiger partial charge in [0.25, 0.3) is 0 Å². The first-order valence-corrected chi connectivity index (χ1v) is 37.1. The van der Waals surface area contributed by atoms with Crippen molar-refractivity contribution in [1.29, 1.82) is 0 Å². The zero-order valence-electron chi connectivity index (χ0n) is 56.5. The van der Waals surface area contributed by atoms with Gasteiger partial charge in [-0.3, -0.25) is 13.8 Å². The molecule has 0 heterocycles. The number of nitrogens with one attached hydrogen (secondary N) is 1. The fraction of sp³-hybridized carbons (Fsp3) is 0.701. The zero-order chi connectivity index (χ0) is 62.6. The summed E-state index contributed by atoms with van der Waals surface area (Å²) in [6, 6.07) is -0.866. The Labute approximate surface area is 532 Å². The van der Waals surface area contributed by atoms with Gasteiger partial charge in [0.2, 0.25) is 5.91 Å². The van der Waals surface area contributed by atoms with Crippen LogP contribution in [-0.2, 0) is 18.4 Å². The minimum Gasteiger partial charge on any atom is -0.387 e. The Hall–Kier alpha value is -3.36. The van der Waals surface area contributed by atoms with E-state index >= 15 is 0 Å². The lowest BCUT2D eigenvalue weighted by molar-refractivity contribution is -0.870. The van der Waals surface area contributed by atoms with Crippen molar-refractivity contribution in [2.75, 3.05) is 40.9 Å². The molecule has 0 aliphatic carbocycles. The molecule has 0 spiro atoms.